The maximum Gasteiger partial charge on any atom is 0.143 e. The third kappa shape index (κ3) is 4.33. The largest absolute Gasteiger partial charge is 0.455 e. The molecule has 0 bridgehead atoms. The minimum Gasteiger partial charge on any atom is -0.455 e. The Labute approximate surface area is 289 Å². The second-order valence-electron chi connectivity index (χ2n) is 12.4. The Morgan fingerprint density at radius 3 is 1.57 bits per heavy atom. The van der Waals surface area contributed by atoms with E-state index in [4.69, 9.17) is 7.16 Å². The molecule has 0 amide bonds. The average Bonchev–Trinajstić information content (AvgIpc) is 3.60. The van der Waals surface area contributed by atoms with Gasteiger partial charge in [-0.2, -0.15) is 0 Å². The zero-order valence-corrected chi connectivity index (χ0v) is 26.4. The summed E-state index contributed by atoms with van der Waals surface area (Å²) in [6.07, 6.45) is 0. The molecule has 1 aromatic heterocycles. The minimum atomic E-state index is -0.0615. The molecule has 9 aromatic carbocycles. The van der Waals surface area contributed by atoms with E-state index in [2.05, 4.69) is 84.9 Å². The van der Waals surface area contributed by atoms with Gasteiger partial charge in [-0.15, -0.1) is 0 Å². The molecule has 1 heterocycles. The molecule has 0 aliphatic heterocycles. The molecule has 10 aromatic rings. The molecule has 1 nitrogen and oxygen atoms in total. The van der Waals surface area contributed by atoms with Crippen molar-refractivity contribution in [1.82, 2.24) is 0 Å². The lowest BCUT2D eigenvalue weighted by Crippen LogP contribution is -1.93. The SMILES string of the molecule is [2H]c1c([2H])c(-c2ccccc2-c2c3ccccc3c(-c3cccc4oc5c6ccccc6ccc5c34)c3ccccc23)c([2H])c([2H])c1-c1ccccc1. The normalized spacial score (nSPS) is 12.8. The molecule has 0 N–H and O–H groups in total. The lowest BCUT2D eigenvalue weighted by Gasteiger charge is -2.20. The summed E-state index contributed by atoms with van der Waals surface area (Å²) in [4.78, 5) is 0. The van der Waals surface area contributed by atoms with Gasteiger partial charge in [-0.1, -0.05) is 170 Å². The maximum atomic E-state index is 9.27. The van der Waals surface area contributed by atoms with Crippen molar-refractivity contribution in [2.45, 2.75) is 0 Å². The molecule has 0 fully saturated rings. The van der Waals surface area contributed by atoms with E-state index in [0.717, 1.165) is 76.5 Å². The van der Waals surface area contributed by atoms with Crippen LogP contribution < -0.4 is 0 Å². The fraction of sp³-hybridized carbons (Fsp3) is 0. The van der Waals surface area contributed by atoms with Gasteiger partial charge in [-0.05, 0) is 83.6 Å². The van der Waals surface area contributed by atoms with Gasteiger partial charge in [0.25, 0.3) is 0 Å². The molecule has 228 valence electrons. The first kappa shape index (κ1) is 23.8. The molecular formula is C48H30O. The minimum absolute atomic E-state index is 0.0553. The van der Waals surface area contributed by atoms with E-state index in [0.29, 0.717) is 16.7 Å². The van der Waals surface area contributed by atoms with Gasteiger partial charge in [0, 0.05) is 16.2 Å². The summed E-state index contributed by atoms with van der Waals surface area (Å²) in [5.74, 6) is 0. The number of fused-ring (bicyclic) bond motifs is 7. The van der Waals surface area contributed by atoms with Crippen molar-refractivity contribution >= 4 is 54.3 Å². The first-order valence-corrected chi connectivity index (χ1v) is 16.5. The quantitative estimate of drug-likeness (QED) is 0.177. The van der Waals surface area contributed by atoms with E-state index in [1.807, 2.05) is 72.8 Å². The summed E-state index contributed by atoms with van der Waals surface area (Å²) in [5, 5.41) is 8.55. The van der Waals surface area contributed by atoms with Crippen molar-refractivity contribution in [2.75, 3.05) is 0 Å². The molecule has 0 radical (unpaired) electrons. The van der Waals surface area contributed by atoms with Crippen LogP contribution in [0.5, 0.6) is 0 Å². The Bertz CT molecular complexity index is 3020. The van der Waals surface area contributed by atoms with Gasteiger partial charge in [0.05, 0.1) is 5.48 Å². The number of benzene rings is 9. The second-order valence-corrected chi connectivity index (χ2v) is 12.4. The number of hydrogen-bond acceptors (Lipinski definition) is 1. The van der Waals surface area contributed by atoms with Crippen molar-refractivity contribution in [3.63, 3.8) is 0 Å². The standard InChI is InChI=1S/C48H30O/c1-2-13-31(14-3-1)32-25-27-34(28-26-32)35-16-6-7-18-37(35)45-38-19-8-10-21-40(38)46(41-22-11-9-20-39(41)45)42-23-12-24-44-47(42)43-30-29-33-15-4-5-17-36(33)48(43)49-44/h1-30H/i25D,26D,27D,28D. The lowest BCUT2D eigenvalue weighted by molar-refractivity contribution is 0.673. The van der Waals surface area contributed by atoms with E-state index in [-0.39, 0.29) is 29.7 Å². The van der Waals surface area contributed by atoms with Crippen LogP contribution in [0.25, 0.3) is 98.8 Å². The third-order valence-corrected chi connectivity index (χ3v) is 9.74. The van der Waals surface area contributed by atoms with Crippen molar-refractivity contribution < 1.29 is 9.90 Å². The van der Waals surface area contributed by atoms with E-state index in [1.54, 1.807) is 0 Å². The highest BCUT2D eigenvalue weighted by Gasteiger charge is 2.22. The predicted octanol–water partition coefficient (Wildman–Crippen LogP) is 13.7. The monoisotopic (exact) mass is 626 g/mol. The first-order valence-electron chi connectivity index (χ1n) is 18.5. The van der Waals surface area contributed by atoms with Crippen LogP contribution in [0.2, 0.25) is 0 Å². The molecule has 0 spiro atoms. The summed E-state index contributed by atoms with van der Waals surface area (Å²) in [7, 11) is 0. The van der Waals surface area contributed by atoms with Gasteiger partial charge in [0.1, 0.15) is 11.2 Å². The van der Waals surface area contributed by atoms with Crippen LogP contribution in [-0.4, -0.2) is 0 Å². The van der Waals surface area contributed by atoms with E-state index >= 15 is 0 Å². The van der Waals surface area contributed by atoms with Crippen molar-refractivity contribution in [3.8, 4) is 44.5 Å². The fourth-order valence-corrected chi connectivity index (χ4v) is 7.59. The zero-order chi connectivity index (χ0) is 35.8. The number of hydrogen-bond donors (Lipinski definition) is 0. The molecule has 0 saturated carbocycles. The van der Waals surface area contributed by atoms with Crippen LogP contribution in [-0.2, 0) is 0 Å². The highest BCUT2D eigenvalue weighted by atomic mass is 16.3. The highest BCUT2D eigenvalue weighted by Crippen LogP contribution is 2.48. The van der Waals surface area contributed by atoms with Crippen LogP contribution in [0.3, 0.4) is 0 Å². The van der Waals surface area contributed by atoms with Gasteiger partial charge < -0.3 is 4.42 Å². The van der Waals surface area contributed by atoms with Crippen molar-refractivity contribution in [3.05, 3.63) is 182 Å². The molecule has 0 unspecified atom stereocenters. The van der Waals surface area contributed by atoms with Crippen LogP contribution in [0, 0.1) is 0 Å². The molecule has 1 heteroatoms. The molecule has 0 saturated heterocycles. The van der Waals surface area contributed by atoms with Crippen LogP contribution in [0.15, 0.2) is 186 Å². The van der Waals surface area contributed by atoms with E-state index in [1.165, 1.54) is 0 Å². The second kappa shape index (κ2) is 11.1. The third-order valence-electron chi connectivity index (χ3n) is 9.74. The Morgan fingerprint density at radius 1 is 0.347 bits per heavy atom. The summed E-state index contributed by atoms with van der Waals surface area (Å²) >= 11 is 0. The van der Waals surface area contributed by atoms with E-state index in [9.17, 15) is 2.74 Å². The Kier molecular flexibility index (Phi) is 5.38. The maximum absolute atomic E-state index is 9.27. The Hall–Kier alpha value is -6.44. The molecule has 0 aliphatic carbocycles. The van der Waals surface area contributed by atoms with Crippen LogP contribution >= 0.6 is 0 Å². The molecular weight excluding hydrogens is 593 g/mol. The van der Waals surface area contributed by atoms with Gasteiger partial charge in [0.15, 0.2) is 0 Å². The first-order chi connectivity index (χ1) is 26.0. The lowest BCUT2D eigenvalue weighted by atomic mass is 9.83. The molecule has 10 rings (SSSR count). The Morgan fingerprint density at radius 2 is 0.878 bits per heavy atom. The predicted molar refractivity (Wildman–Crippen MR) is 208 cm³/mol. The van der Waals surface area contributed by atoms with Crippen LogP contribution in [0.4, 0.5) is 0 Å². The van der Waals surface area contributed by atoms with E-state index < -0.39 is 0 Å². The van der Waals surface area contributed by atoms with Gasteiger partial charge in [0.2, 0.25) is 0 Å². The topological polar surface area (TPSA) is 13.1 Å². The van der Waals surface area contributed by atoms with Crippen molar-refractivity contribution in [2.24, 2.45) is 0 Å². The molecule has 0 aliphatic rings. The average molecular weight is 627 g/mol. The zero-order valence-electron chi connectivity index (χ0n) is 30.4. The van der Waals surface area contributed by atoms with Gasteiger partial charge >= 0.3 is 0 Å². The van der Waals surface area contributed by atoms with Crippen LogP contribution in [0.1, 0.15) is 5.48 Å². The van der Waals surface area contributed by atoms with Gasteiger partial charge in [-0.25, -0.2) is 0 Å². The highest BCUT2D eigenvalue weighted by molar-refractivity contribution is 6.27. The summed E-state index contributed by atoms with van der Waals surface area (Å²) in [5.41, 5.74) is 7.63. The number of furan rings is 1. The Balaban J connectivity index is 1.28. The smallest absolute Gasteiger partial charge is 0.143 e. The number of rotatable bonds is 4. The molecule has 0 atom stereocenters. The van der Waals surface area contributed by atoms with Crippen molar-refractivity contribution in [1.29, 1.82) is 0 Å². The summed E-state index contributed by atoms with van der Waals surface area (Å²) in [6.45, 7) is 0. The summed E-state index contributed by atoms with van der Waals surface area (Å²) in [6, 6.07) is 52.7. The summed E-state index contributed by atoms with van der Waals surface area (Å²) < 4.78 is 43.3. The molecule has 49 heavy (non-hydrogen) atoms. The fourth-order valence-electron chi connectivity index (χ4n) is 7.59. The van der Waals surface area contributed by atoms with Gasteiger partial charge in [-0.3, -0.25) is 0 Å².